The number of amides is 1. The first kappa shape index (κ1) is 15.0. The molecule has 100 valence electrons. The molecule has 0 radical (unpaired) electrons. The third-order valence-electron chi connectivity index (χ3n) is 2.78. The minimum atomic E-state index is -3.83. The third kappa shape index (κ3) is 3.23. The van der Waals surface area contributed by atoms with Gasteiger partial charge >= 0.3 is 0 Å². The predicted molar refractivity (Wildman–Crippen MR) is 71.5 cm³/mol. The van der Waals surface area contributed by atoms with Crippen molar-refractivity contribution in [1.82, 2.24) is 4.90 Å². The lowest BCUT2D eigenvalue weighted by Crippen LogP contribution is -2.26. The Morgan fingerprint density at radius 2 is 1.94 bits per heavy atom. The standard InChI is InChI=1S/C12H16ClNO3S/c1-4-9-6-7-10(12(15)14(3)5-2)8-11(9)18(13,16)17/h6-8H,4-5H2,1-3H3. The van der Waals surface area contributed by atoms with Gasteiger partial charge in [0.25, 0.3) is 15.0 Å². The molecule has 1 amide bonds. The smallest absolute Gasteiger partial charge is 0.261 e. The van der Waals surface area contributed by atoms with Crippen LogP contribution in [-0.2, 0) is 15.5 Å². The van der Waals surface area contributed by atoms with Crippen molar-refractivity contribution >= 4 is 25.6 Å². The number of halogens is 1. The van der Waals surface area contributed by atoms with Crippen LogP contribution in [0.4, 0.5) is 0 Å². The highest BCUT2D eigenvalue weighted by atomic mass is 35.7. The lowest BCUT2D eigenvalue weighted by atomic mass is 10.1. The predicted octanol–water partition coefficient (Wildman–Crippen LogP) is 2.27. The zero-order chi connectivity index (χ0) is 13.9. The van der Waals surface area contributed by atoms with Gasteiger partial charge in [-0.3, -0.25) is 4.79 Å². The van der Waals surface area contributed by atoms with Crippen LogP contribution in [0.3, 0.4) is 0 Å². The first-order valence-electron chi connectivity index (χ1n) is 5.64. The summed E-state index contributed by atoms with van der Waals surface area (Å²) >= 11 is 0. The Kier molecular flexibility index (Phi) is 4.76. The van der Waals surface area contributed by atoms with Gasteiger partial charge in [0.1, 0.15) is 0 Å². The molecule has 1 aromatic carbocycles. The Morgan fingerprint density at radius 1 is 1.33 bits per heavy atom. The summed E-state index contributed by atoms with van der Waals surface area (Å²) in [6.45, 7) is 4.23. The molecular weight excluding hydrogens is 274 g/mol. The van der Waals surface area contributed by atoms with Gasteiger partial charge in [0.05, 0.1) is 4.90 Å². The van der Waals surface area contributed by atoms with Gasteiger partial charge in [0, 0.05) is 29.8 Å². The number of carbonyl (C=O) groups excluding carboxylic acids is 1. The summed E-state index contributed by atoms with van der Waals surface area (Å²) < 4.78 is 22.9. The van der Waals surface area contributed by atoms with Crippen molar-refractivity contribution in [3.8, 4) is 0 Å². The fourth-order valence-electron chi connectivity index (χ4n) is 1.57. The summed E-state index contributed by atoms with van der Waals surface area (Å²) in [6, 6.07) is 4.60. The Bertz CT molecular complexity index is 554. The molecule has 0 N–H and O–H groups in total. The molecular formula is C12H16ClNO3S. The Morgan fingerprint density at radius 3 is 2.39 bits per heavy atom. The molecule has 6 heteroatoms. The molecule has 0 spiro atoms. The average molecular weight is 290 g/mol. The molecule has 0 saturated carbocycles. The summed E-state index contributed by atoms with van der Waals surface area (Å²) in [5.74, 6) is -0.221. The molecule has 0 aromatic heterocycles. The third-order valence-corrected chi connectivity index (χ3v) is 4.18. The summed E-state index contributed by atoms with van der Waals surface area (Å²) in [6.07, 6.45) is 0.541. The maximum absolute atomic E-state index is 11.9. The summed E-state index contributed by atoms with van der Waals surface area (Å²) in [5.41, 5.74) is 0.941. The van der Waals surface area contributed by atoms with Crippen LogP contribution in [0.1, 0.15) is 29.8 Å². The van der Waals surface area contributed by atoms with E-state index in [1.54, 1.807) is 19.2 Å². The number of aryl methyl sites for hydroxylation is 1. The quantitative estimate of drug-likeness (QED) is 0.799. The average Bonchev–Trinajstić information content (AvgIpc) is 2.35. The number of hydrogen-bond donors (Lipinski definition) is 0. The van der Waals surface area contributed by atoms with Gasteiger partial charge in [0.15, 0.2) is 0 Å². The Hall–Kier alpha value is -1.07. The van der Waals surface area contributed by atoms with Gasteiger partial charge in [0.2, 0.25) is 0 Å². The van der Waals surface area contributed by atoms with E-state index in [0.717, 1.165) is 0 Å². The van der Waals surface area contributed by atoms with Crippen LogP contribution in [0.2, 0.25) is 0 Å². The van der Waals surface area contributed by atoms with Gasteiger partial charge in [-0.1, -0.05) is 13.0 Å². The number of nitrogens with zero attached hydrogens (tertiary/aromatic N) is 1. The highest BCUT2D eigenvalue weighted by Crippen LogP contribution is 2.22. The van der Waals surface area contributed by atoms with E-state index in [9.17, 15) is 13.2 Å². The molecule has 0 unspecified atom stereocenters. The molecule has 0 saturated heterocycles. The zero-order valence-electron chi connectivity index (χ0n) is 10.6. The van der Waals surface area contributed by atoms with Gasteiger partial charge in [-0.25, -0.2) is 8.42 Å². The molecule has 1 rings (SSSR count). The lowest BCUT2D eigenvalue weighted by molar-refractivity contribution is 0.0802. The Labute approximate surface area is 112 Å². The van der Waals surface area contributed by atoms with Crippen molar-refractivity contribution in [2.24, 2.45) is 0 Å². The fraction of sp³-hybridized carbons (Fsp3) is 0.417. The van der Waals surface area contributed by atoms with Crippen molar-refractivity contribution < 1.29 is 13.2 Å². The number of rotatable bonds is 4. The molecule has 0 atom stereocenters. The maximum Gasteiger partial charge on any atom is 0.261 e. The van der Waals surface area contributed by atoms with E-state index in [4.69, 9.17) is 10.7 Å². The summed E-state index contributed by atoms with van der Waals surface area (Å²) in [4.78, 5) is 13.5. The van der Waals surface area contributed by atoms with E-state index in [2.05, 4.69) is 0 Å². The monoisotopic (exact) mass is 289 g/mol. The largest absolute Gasteiger partial charge is 0.342 e. The van der Waals surface area contributed by atoms with Crippen LogP contribution in [-0.4, -0.2) is 32.8 Å². The second kappa shape index (κ2) is 5.71. The van der Waals surface area contributed by atoms with Gasteiger partial charge < -0.3 is 4.90 Å². The van der Waals surface area contributed by atoms with Gasteiger partial charge in [-0.2, -0.15) is 0 Å². The second-order valence-corrected chi connectivity index (χ2v) is 6.47. The molecule has 0 aliphatic heterocycles. The molecule has 0 aliphatic carbocycles. The first-order valence-corrected chi connectivity index (χ1v) is 7.95. The molecule has 0 bridgehead atoms. The van der Waals surface area contributed by atoms with Crippen molar-refractivity contribution in [3.63, 3.8) is 0 Å². The normalized spacial score (nSPS) is 11.3. The first-order chi connectivity index (χ1) is 8.31. The minimum absolute atomic E-state index is 0.0158. The number of benzene rings is 1. The van der Waals surface area contributed by atoms with E-state index in [1.807, 2.05) is 13.8 Å². The molecule has 4 nitrogen and oxygen atoms in total. The summed E-state index contributed by atoms with van der Waals surface area (Å²) in [5, 5.41) is 0. The minimum Gasteiger partial charge on any atom is -0.342 e. The van der Waals surface area contributed by atoms with E-state index < -0.39 is 9.05 Å². The highest BCUT2D eigenvalue weighted by molar-refractivity contribution is 8.13. The number of hydrogen-bond acceptors (Lipinski definition) is 3. The van der Waals surface area contributed by atoms with Crippen LogP contribution in [0.15, 0.2) is 23.1 Å². The van der Waals surface area contributed by atoms with E-state index in [0.29, 0.717) is 24.1 Å². The van der Waals surface area contributed by atoms with Crippen molar-refractivity contribution in [2.45, 2.75) is 25.2 Å². The second-order valence-electron chi connectivity index (χ2n) is 3.93. The molecule has 0 heterocycles. The Balaban J connectivity index is 3.32. The van der Waals surface area contributed by atoms with Crippen LogP contribution >= 0.6 is 10.7 Å². The topological polar surface area (TPSA) is 54.5 Å². The highest BCUT2D eigenvalue weighted by Gasteiger charge is 2.18. The van der Waals surface area contributed by atoms with Crippen molar-refractivity contribution in [1.29, 1.82) is 0 Å². The van der Waals surface area contributed by atoms with Gasteiger partial charge in [-0.05, 0) is 31.0 Å². The van der Waals surface area contributed by atoms with Crippen LogP contribution in [0.25, 0.3) is 0 Å². The van der Waals surface area contributed by atoms with Crippen molar-refractivity contribution in [3.05, 3.63) is 29.3 Å². The molecule has 0 fully saturated rings. The fourth-order valence-corrected chi connectivity index (χ4v) is 2.79. The zero-order valence-corrected chi connectivity index (χ0v) is 12.2. The van der Waals surface area contributed by atoms with Crippen LogP contribution in [0, 0.1) is 0 Å². The summed E-state index contributed by atoms with van der Waals surface area (Å²) in [7, 11) is 3.21. The van der Waals surface area contributed by atoms with Crippen LogP contribution < -0.4 is 0 Å². The van der Waals surface area contributed by atoms with Crippen molar-refractivity contribution in [2.75, 3.05) is 13.6 Å². The lowest BCUT2D eigenvalue weighted by Gasteiger charge is -2.15. The molecule has 18 heavy (non-hydrogen) atoms. The maximum atomic E-state index is 11.9. The van der Waals surface area contributed by atoms with E-state index in [1.165, 1.54) is 11.0 Å². The number of carbonyl (C=O) groups is 1. The van der Waals surface area contributed by atoms with E-state index in [-0.39, 0.29) is 10.8 Å². The van der Waals surface area contributed by atoms with Crippen LogP contribution in [0.5, 0.6) is 0 Å². The van der Waals surface area contributed by atoms with Gasteiger partial charge in [-0.15, -0.1) is 0 Å². The molecule has 1 aromatic rings. The SMILES string of the molecule is CCc1ccc(C(=O)N(C)CC)cc1S(=O)(=O)Cl. The van der Waals surface area contributed by atoms with E-state index >= 15 is 0 Å². The molecule has 0 aliphatic rings.